The second-order valence-electron chi connectivity index (χ2n) is 2.26. The Morgan fingerprint density at radius 3 is 2.90 bits per heavy atom. The summed E-state index contributed by atoms with van der Waals surface area (Å²) in [4.78, 5) is 11.8. The Bertz CT molecular complexity index is 177. The summed E-state index contributed by atoms with van der Waals surface area (Å²) >= 11 is 0. The molecule has 1 aliphatic heterocycles. The van der Waals surface area contributed by atoms with Crippen LogP contribution >= 0.6 is 0 Å². The summed E-state index contributed by atoms with van der Waals surface area (Å²) in [6.45, 7) is 3.64. The average Bonchev–Trinajstić information content (AvgIpc) is 2.34. The summed E-state index contributed by atoms with van der Waals surface area (Å²) in [5, 5.41) is 10.2. The fourth-order valence-electron chi connectivity index (χ4n) is 0.986. The molecule has 0 bridgehead atoms. The molecular formula is C6H10N2O2. The molecule has 0 spiro atoms. The molecule has 1 aliphatic rings. The summed E-state index contributed by atoms with van der Waals surface area (Å²) < 4.78 is 0. The highest BCUT2D eigenvalue weighted by Crippen LogP contribution is 2.13. The van der Waals surface area contributed by atoms with Gasteiger partial charge in [-0.15, -0.1) is 0 Å². The molecule has 0 radical (unpaired) electrons. The first-order valence-electron chi connectivity index (χ1n) is 3.33. The third-order valence-electron chi connectivity index (χ3n) is 1.63. The first-order chi connectivity index (χ1) is 4.74. The lowest BCUT2D eigenvalue weighted by Crippen LogP contribution is -2.12. The lowest BCUT2D eigenvalue weighted by molar-refractivity contribution is -0.426. The van der Waals surface area contributed by atoms with Gasteiger partial charge in [-0.3, -0.25) is 10.1 Å². The van der Waals surface area contributed by atoms with Gasteiger partial charge in [0, 0.05) is 13.1 Å². The molecule has 0 saturated carbocycles. The number of nitro groups is 1. The van der Waals surface area contributed by atoms with Crippen molar-refractivity contribution in [2.75, 3.05) is 13.1 Å². The Balaban J connectivity index is 2.57. The third-order valence-corrected chi connectivity index (χ3v) is 1.63. The predicted octanol–water partition coefficient (Wildman–Crippen LogP) is 0.830. The first-order valence-corrected chi connectivity index (χ1v) is 3.33. The monoisotopic (exact) mass is 142 g/mol. The van der Waals surface area contributed by atoms with Gasteiger partial charge in [-0.1, -0.05) is 0 Å². The van der Waals surface area contributed by atoms with E-state index in [4.69, 9.17) is 0 Å². The molecule has 0 aromatic carbocycles. The number of hydrogen-bond acceptors (Lipinski definition) is 3. The van der Waals surface area contributed by atoms with Gasteiger partial charge < -0.3 is 4.90 Å². The standard InChI is InChI=1S/C6H10N2O2/c1-2-7-4-3-6(5-7)8(9)10/h5H,2-4H2,1H3. The molecular weight excluding hydrogens is 132 g/mol. The molecule has 56 valence electrons. The van der Waals surface area contributed by atoms with Crippen LogP contribution in [0.15, 0.2) is 11.9 Å². The summed E-state index contributed by atoms with van der Waals surface area (Å²) in [6.07, 6.45) is 2.21. The molecule has 0 aromatic rings. The minimum atomic E-state index is -0.310. The number of hydrogen-bond donors (Lipinski definition) is 0. The molecule has 0 unspecified atom stereocenters. The van der Waals surface area contributed by atoms with Crippen LogP contribution in [0.2, 0.25) is 0 Å². The molecule has 0 amide bonds. The molecule has 4 heteroatoms. The van der Waals surface area contributed by atoms with E-state index in [1.807, 2.05) is 11.8 Å². The predicted molar refractivity (Wildman–Crippen MR) is 36.9 cm³/mol. The fourth-order valence-corrected chi connectivity index (χ4v) is 0.986. The van der Waals surface area contributed by atoms with Crippen LogP contribution in [0.5, 0.6) is 0 Å². The van der Waals surface area contributed by atoms with Crippen molar-refractivity contribution in [3.8, 4) is 0 Å². The van der Waals surface area contributed by atoms with E-state index < -0.39 is 0 Å². The highest BCUT2D eigenvalue weighted by Gasteiger charge is 2.19. The number of nitrogens with zero attached hydrogens (tertiary/aromatic N) is 2. The molecule has 0 saturated heterocycles. The van der Waals surface area contributed by atoms with Crippen molar-refractivity contribution < 1.29 is 4.92 Å². The van der Waals surface area contributed by atoms with E-state index in [0.717, 1.165) is 13.1 Å². The Kier molecular flexibility index (Phi) is 1.89. The van der Waals surface area contributed by atoms with Crippen molar-refractivity contribution in [3.05, 3.63) is 22.0 Å². The molecule has 0 fully saturated rings. The minimum absolute atomic E-state index is 0.310. The van der Waals surface area contributed by atoms with E-state index in [2.05, 4.69) is 0 Å². The lowest BCUT2D eigenvalue weighted by Gasteiger charge is -2.08. The van der Waals surface area contributed by atoms with Crippen molar-refractivity contribution in [2.45, 2.75) is 13.3 Å². The maximum absolute atomic E-state index is 10.2. The Morgan fingerprint density at radius 2 is 2.60 bits per heavy atom. The highest BCUT2D eigenvalue weighted by atomic mass is 16.6. The lowest BCUT2D eigenvalue weighted by atomic mass is 10.4. The summed E-state index contributed by atoms with van der Waals surface area (Å²) in [5.41, 5.74) is 0.335. The van der Waals surface area contributed by atoms with Crippen molar-refractivity contribution >= 4 is 0 Å². The van der Waals surface area contributed by atoms with Crippen molar-refractivity contribution in [1.82, 2.24) is 4.90 Å². The highest BCUT2D eigenvalue weighted by molar-refractivity contribution is 4.98. The average molecular weight is 142 g/mol. The summed E-state index contributed by atoms with van der Waals surface area (Å²) in [6, 6.07) is 0. The molecule has 10 heavy (non-hydrogen) atoms. The SMILES string of the molecule is CCN1C=C([N+](=O)[O-])CC1. The van der Waals surface area contributed by atoms with Gasteiger partial charge in [-0.05, 0) is 6.92 Å². The van der Waals surface area contributed by atoms with Gasteiger partial charge in [-0.25, -0.2) is 0 Å². The van der Waals surface area contributed by atoms with E-state index >= 15 is 0 Å². The largest absolute Gasteiger partial charge is 0.372 e. The molecule has 0 atom stereocenters. The van der Waals surface area contributed by atoms with Crippen molar-refractivity contribution in [1.29, 1.82) is 0 Å². The van der Waals surface area contributed by atoms with Gasteiger partial charge in [0.05, 0.1) is 17.5 Å². The van der Waals surface area contributed by atoms with Crippen LogP contribution in [0.1, 0.15) is 13.3 Å². The summed E-state index contributed by atoms with van der Waals surface area (Å²) in [5.74, 6) is 0. The van der Waals surface area contributed by atoms with E-state index in [0.29, 0.717) is 12.1 Å². The van der Waals surface area contributed by atoms with Gasteiger partial charge in [0.15, 0.2) is 0 Å². The van der Waals surface area contributed by atoms with Crippen LogP contribution in [0, 0.1) is 10.1 Å². The van der Waals surface area contributed by atoms with E-state index in [1.165, 1.54) is 0 Å². The van der Waals surface area contributed by atoms with E-state index in [-0.39, 0.29) is 4.92 Å². The minimum Gasteiger partial charge on any atom is -0.372 e. The normalized spacial score (nSPS) is 17.3. The summed E-state index contributed by atoms with van der Waals surface area (Å²) in [7, 11) is 0. The quantitative estimate of drug-likeness (QED) is 0.423. The molecule has 0 N–H and O–H groups in total. The fraction of sp³-hybridized carbons (Fsp3) is 0.667. The molecule has 0 aliphatic carbocycles. The Hall–Kier alpha value is -1.06. The van der Waals surface area contributed by atoms with Crippen LogP contribution in [0.25, 0.3) is 0 Å². The topological polar surface area (TPSA) is 46.4 Å². The van der Waals surface area contributed by atoms with Crippen LogP contribution in [-0.4, -0.2) is 22.9 Å². The molecule has 0 aromatic heterocycles. The first kappa shape index (κ1) is 7.05. The molecule has 4 nitrogen and oxygen atoms in total. The van der Waals surface area contributed by atoms with Gasteiger partial charge in [0.25, 0.3) is 5.70 Å². The van der Waals surface area contributed by atoms with E-state index in [1.54, 1.807) is 6.20 Å². The van der Waals surface area contributed by atoms with E-state index in [9.17, 15) is 10.1 Å². The smallest absolute Gasteiger partial charge is 0.263 e. The van der Waals surface area contributed by atoms with Gasteiger partial charge >= 0.3 is 0 Å². The second kappa shape index (κ2) is 2.68. The van der Waals surface area contributed by atoms with Crippen LogP contribution < -0.4 is 0 Å². The Labute approximate surface area is 59.3 Å². The van der Waals surface area contributed by atoms with Gasteiger partial charge in [-0.2, -0.15) is 0 Å². The number of rotatable bonds is 2. The molecule has 1 rings (SSSR count). The Morgan fingerprint density at radius 1 is 1.90 bits per heavy atom. The van der Waals surface area contributed by atoms with Crippen molar-refractivity contribution in [3.63, 3.8) is 0 Å². The van der Waals surface area contributed by atoms with Gasteiger partial charge in [0.2, 0.25) is 0 Å². The second-order valence-corrected chi connectivity index (χ2v) is 2.26. The van der Waals surface area contributed by atoms with Crippen molar-refractivity contribution in [2.24, 2.45) is 0 Å². The zero-order chi connectivity index (χ0) is 7.56. The maximum Gasteiger partial charge on any atom is 0.263 e. The molecule has 1 heterocycles. The maximum atomic E-state index is 10.2. The zero-order valence-corrected chi connectivity index (χ0v) is 5.91. The van der Waals surface area contributed by atoms with Crippen LogP contribution in [0.3, 0.4) is 0 Å². The zero-order valence-electron chi connectivity index (χ0n) is 5.91. The van der Waals surface area contributed by atoms with Crippen LogP contribution in [-0.2, 0) is 0 Å². The van der Waals surface area contributed by atoms with Gasteiger partial charge in [0.1, 0.15) is 0 Å². The van der Waals surface area contributed by atoms with Crippen LogP contribution in [0.4, 0.5) is 0 Å². The third kappa shape index (κ3) is 1.26.